The number of benzene rings is 1. The maximum atomic E-state index is 12.0. The Labute approximate surface area is 131 Å². The smallest absolute Gasteiger partial charge is 0.271 e. The van der Waals surface area contributed by atoms with Crippen molar-refractivity contribution in [3.63, 3.8) is 0 Å². The second kappa shape index (κ2) is 7.54. The number of anilines is 2. The number of aryl methyl sites for hydroxylation is 1. The Bertz CT molecular complexity index is 625. The molecule has 22 heavy (non-hydrogen) atoms. The second-order valence-corrected chi connectivity index (χ2v) is 5.21. The summed E-state index contributed by atoms with van der Waals surface area (Å²) in [5, 5.41) is 6.11. The number of hydrogen-bond acceptors (Lipinski definition) is 4. The fourth-order valence-corrected chi connectivity index (χ4v) is 2.00. The number of para-hydroxylation sites is 1. The van der Waals surface area contributed by atoms with Crippen LogP contribution >= 0.6 is 0 Å². The quantitative estimate of drug-likeness (QED) is 0.858. The lowest BCUT2D eigenvalue weighted by molar-refractivity contribution is 0.0934. The average molecular weight is 298 g/mol. The molecule has 1 heterocycles. The minimum atomic E-state index is -0.192. The van der Waals surface area contributed by atoms with Gasteiger partial charge in [0.25, 0.3) is 5.91 Å². The van der Waals surface area contributed by atoms with Gasteiger partial charge in [0.2, 0.25) is 0 Å². The maximum Gasteiger partial charge on any atom is 0.271 e. The number of carbonyl (C=O) groups is 1. The summed E-state index contributed by atoms with van der Waals surface area (Å²) in [4.78, 5) is 20.4. The van der Waals surface area contributed by atoms with E-state index in [-0.39, 0.29) is 11.9 Å². The lowest BCUT2D eigenvalue weighted by atomic mass is 10.1. The topological polar surface area (TPSA) is 66.9 Å². The second-order valence-electron chi connectivity index (χ2n) is 5.21. The number of nitrogens with one attached hydrogen (secondary N) is 2. The summed E-state index contributed by atoms with van der Waals surface area (Å²) in [6, 6.07) is 8.19. The Kier molecular flexibility index (Phi) is 5.47. The van der Waals surface area contributed by atoms with Crippen molar-refractivity contribution >= 4 is 17.4 Å². The van der Waals surface area contributed by atoms with Crippen LogP contribution in [0.4, 0.5) is 11.5 Å². The third kappa shape index (κ3) is 4.04. The van der Waals surface area contributed by atoms with Gasteiger partial charge < -0.3 is 10.6 Å². The Morgan fingerprint density at radius 3 is 2.59 bits per heavy atom. The van der Waals surface area contributed by atoms with Gasteiger partial charge >= 0.3 is 0 Å². The maximum absolute atomic E-state index is 12.0. The molecular weight excluding hydrogens is 276 g/mol. The van der Waals surface area contributed by atoms with Crippen molar-refractivity contribution in [2.45, 2.75) is 39.7 Å². The zero-order chi connectivity index (χ0) is 15.9. The summed E-state index contributed by atoms with van der Waals surface area (Å²) in [7, 11) is 0. The van der Waals surface area contributed by atoms with E-state index in [0.29, 0.717) is 11.5 Å². The van der Waals surface area contributed by atoms with Crippen molar-refractivity contribution in [1.82, 2.24) is 15.3 Å². The number of aromatic nitrogens is 2. The van der Waals surface area contributed by atoms with Gasteiger partial charge in [0, 0.05) is 11.7 Å². The zero-order valence-corrected chi connectivity index (χ0v) is 13.3. The summed E-state index contributed by atoms with van der Waals surface area (Å²) in [6.07, 6.45) is 4.89. The number of hydrogen-bond donors (Lipinski definition) is 2. The van der Waals surface area contributed by atoms with Crippen LogP contribution in [0, 0.1) is 0 Å². The molecule has 0 bridgehead atoms. The molecule has 1 unspecified atom stereocenters. The van der Waals surface area contributed by atoms with Crippen molar-refractivity contribution < 1.29 is 4.79 Å². The molecule has 116 valence electrons. The molecule has 0 radical (unpaired) electrons. The van der Waals surface area contributed by atoms with Crippen LogP contribution in [-0.4, -0.2) is 21.9 Å². The van der Waals surface area contributed by atoms with E-state index in [0.717, 1.165) is 18.5 Å². The van der Waals surface area contributed by atoms with Gasteiger partial charge in [-0.1, -0.05) is 32.0 Å². The SMILES string of the molecule is CCc1ccccc1Nc1cnc(C(=O)NC(C)CC)cn1. The average Bonchev–Trinajstić information content (AvgIpc) is 2.55. The summed E-state index contributed by atoms with van der Waals surface area (Å²) in [5.41, 5.74) is 2.55. The first kappa shape index (κ1) is 15.9. The number of nitrogens with zero attached hydrogens (tertiary/aromatic N) is 2. The van der Waals surface area contributed by atoms with Crippen LogP contribution in [0.25, 0.3) is 0 Å². The minimum Gasteiger partial charge on any atom is -0.348 e. The van der Waals surface area contributed by atoms with Gasteiger partial charge in [-0.3, -0.25) is 4.79 Å². The van der Waals surface area contributed by atoms with Gasteiger partial charge in [-0.05, 0) is 31.4 Å². The van der Waals surface area contributed by atoms with Crippen LogP contribution < -0.4 is 10.6 Å². The summed E-state index contributed by atoms with van der Waals surface area (Å²) >= 11 is 0. The van der Waals surface area contributed by atoms with Crippen LogP contribution in [0.2, 0.25) is 0 Å². The Balaban J connectivity index is 2.07. The van der Waals surface area contributed by atoms with Gasteiger partial charge in [-0.2, -0.15) is 0 Å². The fourth-order valence-electron chi connectivity index (χ4n) is 2.00. The van der Waals surface area contributed by atoms with Gasteiger partial charge in [-0.15, -0.1) is 0 Å². The molecule has 0 spiro atoms. The van der Waals surface area contributed by atoms with Crippen LogP contribution in [0.1, 0.15) is 43.2 Å². The van der Waals surface area contributed by atoms with Crippen molar-refractivity contribution in [3.8, 4) is 0 Å². The molecule has 2 aromatic rings. The molecule has 5 heteroatoms. The van der Waals surface area contributed by atoms with Gasteiger partial charge in [0.05, 0.1) is 12.4 Å². The highest BCUT2D eigenvalue weighted by molar-refractivity contribution is 5.92. The first-order valence-electron chi connectivity index (χ1n) is 7.61. The normalized spacial score (nSPS) is 11.8. The van der Waals surface area contributed by atoms with E-state index in [1.165, 1.54) is 11.8 Å². The van der Waals surface area contributed by atoms with Crippen LogP contribution in [0.3, 0.4) is 0 Å². The van der Waals surface area contributed by atoms with Crippen molar-refractivity contribution in [1.29, 1.82) is 0 Å². The molecular formula is C17H22N4O. The molecule has 0 saturated heterocycles. The largest absolute Gasteiger partial charge is 0.348 e. The van der Waals surface area contributed by atoms with Crippen molar-refractivity contribution in [3.05, 3.63) is 47.9 Å². The Morgan fingerprint density at radius 2 is 1.95 bits per heavy atom. The van der Waals surface area contributed by atoms with E-state index in [1.54, 1.807) is 6.20 Å². The Morgan fingerprint density at radius 1 is 1.18 bits per heavy atom. The third-order valence-corrected chi connectivity index (χ3v) is 3.54. The first-order valence-corrected chi connectivity index (χ1v) is 7.61. The monoisotopic (exact) mass is 298 g/mol. The van der Waals surface area contributed by atoms with Crippen molar-refractivity contribution in [2.75, 3.05) is 5.32 Å². The summed E-state index contributed by atoms with van der Waals surface area (Å²) < 4.78 is 0. The highest BCUT2D eigenvalue weighted by atomic mass is 16.1. The molecule has 2 rings (SSSR count). The minimum absolute atomic E-state index is 0.128. The van der Waals surface area contributed by atoms with Gasteiger partial charge in [-0.25, -0.2) is 9.97 Å². The highest BCUT2D eigenvalue weighted by Crippen LogP contribution is 2.19. The molecule has 1 atom stereocenters. The van der Waals surface area contributed by atoms with E-state index in [9.17, 15) is 4.79 Å². The number of amides is 1. The lowest BCUT2D eigenvalue weighted by Gasteiger charge is -2.12. The van der Waals surface area contributed by atoms with Crippen molar-refractivity contribution in [2.24, 2.45) is 0 Å². The molecule has 5 nitrogen and oxygen atoms in total. The molecule has 1 amide bonds. The molecule has 0 fully saturated rings. The van der Waals surface area contributed by atoms with E-state index >= 15 is 0 Å². The van der Waals surface area contributed by atoms with Crippen LogP contribution in [-0.2, 0) is 6.42 Å². The van der Waals surface area contributed by atoms with Crippen LogP contribution in [0.5, 0.6) is 0 Å². The molecule has 0 aliphatic rings. The third-order valence-electron chi connectivity index (χ3n) is 3.54. The molecule has 0 aliphatic carbocycles. The highest BCUT2D eigenvalue weighted by Gasteiger charge is 2.10. The van der Waals surface area contributed by atoms with E-state index in [2.05, 4.69) is 33.6 Å². The van der Waals surface area contributed by atoms with Crippen LogP contribution in [0.15, 0.2) is 36.7 Å². The molecule has 0 saturated carbocycles. The molecule has 1 aromatic carbocycles. The fraction of sp³-hybridized carbons (Fsp3) is 0.353. The van der Waals surface area contributed by atoms with E-state index in [1.807, 2.05) is 32.0 Å². The first-order chi connectivity index (χ1) is 10.6. The van der Waals surface area contributed by atoms with E-state index in [4.69, 9.17) is 0 Å². The van der Waals surface area contributed by atoms with Gasteiger partial charge in [0.15, 0.2) is 0 Å². The lowest BCUT2D eigenvalue weighted by Crippen LogP contribution is -2.32. The Hall–Kier alpha value is -2.43. The zero-order valence-electron chi connectivity index (χ0n) is 13.3. The number of rotatable bonds is 6. The molecule has 2 N–H and O–H groups in total. The van der Waals surface area contributed by atoms with E-state index < -0.39 is 0 Å². The summed E-state index contributed by atoms with van der Waals surface area (Å²) in [6.45, 7) is 6.09. The predicted octanol–water partition coefficient (Wildman–Crippen LogP) is 3.31. The predicted molar refractivity (Wildman–Crippen MR) is 88.4 cm³/mol. The molecule has 1 aromatic heterocycles. The van der Waals surface area contributed by atoms with Gasteiger partial charge in [0.1, 0.15) is 11.5 Å². The standard InChI is InChI=1S/C17H22N4O/c1-4-12(3)20-17(22)15-10-19-16(11-18-15)21-14-9-7-6-8-13(14)5-2/h6-12H,4-5H2,1-3H3,(H,19,21)(H,20,22). The number of carbonyl (C=O) groups excluding carboxylic acids is 1. The molecule has 0 aliphatic heterocycles. The summed E-state index contributed by atoms with van der Waals surface area (Å²) in [5.74, 6) is 0.434.